The zero-order valence-corrected chi connectivity index (χ0v) is 12.2. The van der Waals surface area contributed by atoms with Gasteiger partial charge in [-0.15, -0.1) is 0 Å². The lowest BCUT2D eigenvalue weighted by atomic mass is 10.1. The van der Waals surface area contributed by atoms with Crippen LogP contribution in [0.15, 0.2) is 24.3 Å². The lowest BCUT2D eigenvalue weighted by Crippen LogP contribution is -2.16. The molecule has 1 aromatic carbocycles. The van der Waals surface area contributed by atoms with Gasteiger partial charge in [0.15, 0.2) is 0 Å². The van der Waals surface area contributed by atoms with Crippen molar-refractivity contribution in [2.45, 2.75) is 19.8 Å². The number of benzene rings is 1. The Morgan fingerprint density at radius 2 is 2.05 bits per heavy atom. The summed E-state index contributed by atoms with van der Waals surface area (Å²) in [6.45, 7) is 3.95. The van der Waals surface area contributed by atoms with Crippen LogP contribution in [-0.2, 0) is 12.8 Å². The van der Waals surface area contributed by atoms with Crippen LogP contribution < -0.4 is 10.6 Å². The Balaban J connectivity index is 1.98. The van der Waals surface area contributed by atoms with Crippen LogP contribution in [0.5, 0.6) is 0 Å². The molecule has 2 aromatic rings. The topological polar surface area (TPSA) is 49.8 Å². The van der Waals surface area contributed by atoms with Crippen LogP contribution >= 0.6 is 11.6 Å². The lowest BCUT2D eigenvalue weighted by molar-refractivity contribution is 0.708. The van der Waals surface area contributed by atoms with Gasteiger partial charge in [0.25, 0.3) is 0 Å². The van der Waals surface area contributed by atoms with E-state index in [1.54, 1.807) is 0 Å². The third kappa shape index (κ3) is 2.92. The Morgan fingerprint density at radius 3 is 2.90 bits per heavy atom. The van der Waals surface area contributed by atoms with Crippen LogP contribution in [0.3, 0.4) is 0 Å². The number of hydrogen-bond acceptors (Lipinski definition) is 4. The average molecular weight is 289 g/mol. The number of rotatable bonds is 2. The smallest absolute Gasteiger partial charge is 0.224 e. The Kier molecular flexibility index (Phi) is 3.85. The molecule has 5 heteroatoms. The molecule has 1 aromatic heterocycles. The van der Waals surface area contributed by atoms with Gasteiger partial charge in [-0.1, -0.05) is 12.1 Å². The molecule has 0 amide bonds. The van der Waals surface area contributed by atoms with E-state index in [1.165, 1.54) is 11.1 Å². The number of aromatic nitrogens is 2. The van der Waals surface area contributed by atoms with Gasteiger partial charge < -0.3 is 10.6 Å². The monoisotopic (exact) mass is 288 g/mol. The summed E-state index contributed by atoms with van der Waals surface area (Å²) in [5, 5.41) is 7.06. The summed E-state index contributed by atoms with van der Waals surface area (Å²) in [5.41, 5.74) is 4.45. The summed E-state index contributed by atoms with van der Waals surface area (Å²) in [6.07, 6.45) is 1.81. The SMILES string of the molecule is Cc1cccc(Nc2nc(Cl)nc3c2CCNCC3)c1. The number of nitrogens with one attached hydrogen (secondary N) is 2. The van der Waals surface area contributed by atoms with Crippen molar-refractivity contribution in [2.24, 2.45) is 0 Å². The molecule has 0 radical (unpaired) electrons. The van der Waals surface area contributed by atoms with Gasteiger partial charge in [0.2, 0.25) is 5.28 Å². The van der Waals surface area contributed by atoms with Crippen molar-refractivity contribution in [3.05, 3.63) is 46.4 Å². The van der Waals surface area contributed by atoms with Crippen LogP contribution in [0.1, 0.15) is 16.8 Å². The predicted octanol–water partition coefficient (Wildman–Crippen LogP) is 2.87. The molecule has 0 aliphatic carbocycles. The van der Waals surface area contributed by atoms with E-state index in [4.69, 9.17) is 11.6 Å². The second-order valence-corrected chi connectivity index (χ2v) is 5.35. The maximum atomic E-state index is 6.05. The van der Waals surface area contributed by atoms with Gasteiger partial charge in [-0.3, -0.25) is 0 Å². The summed E-state index contributed by atoms with van der Waals surface area (Å²) in [5.74, 6) is 0.828. The summed E-state index contributed by atoms with van der Waals surface area (Å²) < 4.78 is 0. The molecule has 0 saturated carbocycles. The van der Waals surface area contributed by atoms with E-state index in [9.17, 15) is 0 Å². The van der Waals surface area contributed by atoms with Gasteiger partial charge >= 0.3 is 0 Å². The Bertz CT molecular complexity index is 627. The zero-order chi connectivity index (χ0) is 13.9. The van der Waals surface area contributed by atoms with E-state index in [0.29, 0.717) is 5.28 Å². The molecule has 0 bridgehead atoms. The third-order valence-corrected chi connectivity index (χ3v) is 3.61. The van der Waals surface area contributed by atoms with E-state index < -0.39 is 0 Å². The fourth-order valence-corrected chi connectivity index (χ4v) is 2.66. The molecule has 0 unspecified atom stereocenters. The van der Waals surface area contributed by atoms with E-state index in [0.717, 1.165) is 43.1 Å². The first kappa shape index (κ1) is 13.3. The minimum Gasteiger partial charge on any atom is -0.340 e. The molecular weight excluding hydrogens is 272 g/mol. The largest absolute Gasteiger partial charge is 0.340 e. The lowest BCUT2D eigenvalue weighted by Gasteiger charge is -2.13. The van der Waals surface area contributed by atoms with Gasteiger partial charge in [-0.05, 0) is 49.2 Å². The number of anilines is 2. The van der Waals surface area contributed by atoms with Crippen molar-refractivity contribution in [2.75, 3.05) is 18.4 Å². The van der Waals surface area contributed by atoms with E-state index >= 15 is 0 Å². The van der Waals surface area contributed by atoms with Gasteiger partial charge in [0, 0.05) is 24.2 Å². The van der Waals surface area contributed by atoms with Crippen LogP contribution in [0.25, 0.3) is 0 Å². The first-order valence-corrected chi connectivity index (χ1v) is 7.20. The van der Waals surface area contributed by atoms with Crippen molar-refractivity contribution >= 4 is 23.1 Å². The van der Waals surface area contributed by atoms with E-state index in [-0.39, 0.29) is 0 Å². The number of aryl methyl sites for hydroxylation is 1. The number of hydrogen-bond donors (Lipinski definition) is 2. The second kappa shape index (κ2) is 5.77. The van der Waals surface area contributed by atoms with Gasteiger partial charge in [-0.2, -0.15) is 0 Å². The highest BCUT2D eigenvalue weighted by atomic mass is 35.5. The summed E-state index contributed by atoms with van der Waals surface area (Å²) >= 11 is 6.05. The first-order chi connectivity index (χ1) is 9.72. The minimum atomic E-state index is 0.306. The fraction of sp³-hybridized carbons (Fsp3) is 0.333. The summed E-state index contributed by atoms with van der Waals surface area (Å²) in [6, 6.07) is 8.23. The predicted molar refractivity (Wildman–Crippen MR) is 81.8 cm³/mol. The van der Waals surface area contributed by atoms with Gasteiger partial charge in [0.1, 0.15) is 5.82 Å². The second-order valence-electron chi connectivity index (χ2n) is 5.01. The van der Waals surface area contributed by atoms with Crippen LogP contribution in [0.2, 0.25) is 5.28 Å². The highest BCUT2D eigenvalue weighted by Crippen LogP contribution is 2.25. The molecule has 0 atom stereocenters. The van der Waals surface area contributed by atoms with E-state index in [2.05, 4.69) is 39.7 Å². The molecule has 0 saturated heterocycles. The zero-order valence-electron chi connectivity index (χ0n) is 11.4. The summed E-state index contributed by atoms with van der Waals surface area (Å²) in [4.78, 5) is 8.74. The maximum absolute atomic E-state index is 6.05. The Hall–Kier alpha value is -1.65. The molecule has 2 N–H and O–H groups in total. The molecule has 1 aliphatic rings. The fourth-order valence-electron chi connectivity index (χ4n) is 2.48. The molecule has 3 rings (SSSR count). The molecule has 4 nitrogen and oxygen atoms in total. The van der Waals surface area contributed by atoms with Crippen molar-refractivity contribution in [1.29, 1.82) is 0 Å². The number of halogens is 1. The molecule has 2 heterocycles. The Labute approximate surface area is 123 Å². The number of nitrogens with zero attached hydrogens (tertiary/aromatic N) is 2. The third-order valence-electron chi connectivity index (χ3n) is 3.44. The van der Waals surface area contributed by atoms with Crippen molar-refractivity contribution < 1.29 is 0 Å². The molecule has 20 heavy (non-hydrogen) atoms. The van der Waals surface area contributed by atoms with Crippen LogP contribution in [0, 0.1) is 6.92 Å². The average Bonchev–Trinajstić information content (AvgIpc) is 2.64. The molecule has 0 fully saturated rings. The van der Waals surface area contributed by atoms with Crippen molar-refractivity contribution in [3.63, 3.8) is 0 Å². The highest BCUT2D eigenvalue weighted by Gasteiger charge is 2.16. The standard InChI is InChI=1S/C15H17ClN4/c1-10-3-2-4-11(9-10)18-14-12-5-7-17-8-6-13(12)19-15(16)20-14/h2-4,9,17H,5-8H2,1H3,(H,18,19,20). The molecule has 1 aliphatic heterocycles. The minimum absolute atomic E-state index is 0.306. The normalized spacial score (nSPS) is 14.5. The van der Waals surface area contributed by atoms with Crippen molar-refractivity contribution in [3.8, 4) is 0 Å². The Morgan fingerprint density at radius 1 is 1.20 bits per heavy atom. The molecular formula is C15H17ClN4. The van der Waals surface area contributed by atoms with E-state index in [1.807, 2.05) is 12.1 Å². The number of fused-ring (bicyclic) bond motifs is 1. The summed E-state index contributed by atoms with van der Waals surface area (Å²) in [7, 11) is 0. The maximum Gasteiger partial charge on any atom is 0.224 e. The highest BCUT2D eigenvalue weighted by molar-refractivity contribution is 6.28. The van der Waals surface area contributed by atoms with Crippen LogP contribution in [-0.4, -0.2) is 23.1 Å². The van der Waals surface area contributed by atoms with Crippen molar-refractivity contribution in [1.82, 2.24) is 15.3 Å². The van der Waals surface area contributed by atoms with Gasteiger partial charge in [-0.25, -0.2) is 9.97 Å². The quantitative estimate of drug-likeness (QED) is 0.835. The van der Waals surface area contributed by atoms with Gasteiger partial charge in [0.05, 0.1) is 5.69 Å². The first-order valence-electron chi connectivity index (χ1n) is 6.82. The molecule has 104 valence electrons. The van der Waals surface area contributed by atoms with Crippen LogP contribution in [0.4, 0.5) is 11.5 Å². The molecule has 0 spiro atoms.